The summed E-state index contributed by atoms with van der Waals surface area (Å²) in [5, 5.41) is 20.3. The second-order valence-corrected chi connectivity index (χ2v) is 9.25. The Hall–Kier alpha value is -3.43. The number of benzene rings is 1. The molecule has 1 aliphatic carbocycles. The lowest BCUT2D eigenvalue weighted by Crippen LogP contribution is -2.49. The van der Waals surface area contributed by atoms with E-state index >= 15 is 0 Å². The third kappa shape index (κ3) is 5.63. The molecular weight excluding hydrogens is 446 g/mol. The van der Waals surface area contributed by atoms with Gasteiger partial charge in [0, 0.05) is 37.1 Å². The van der Waals surface area contributed by atoms with Gasteiger partial charge in [0.25, 0.3) is 5.91 Å². The summed E-state index contributed by atoms with van der Waals surface area (Å²) in [5.41, 5.74) is 4.35. The molecule has 0 bridgehead atoms. The van der Waals surface area contributed by atoms with Crippen LogP contribution in [-0.4, -0.2) is 45.7 Å². The number of hydrogen-bond acceptors (Lipinski definition) is 8. The number of aliphatic hydroxyl groups is 1. The van der Waals surface area contributed by atoms with Gasteiger partial charge in [0.2, 0.25) is 0 Å². The van der Waals surface area contributed by atoms with E-state index in [1.807, 2.05) is 31.2 Å². The monoisotopic (exact) mass is 477 g/mol. The van der Waals surface area contributed by atoms with Gasteiger partial charge >= 0.3 is 0 Å². The highest BCUT2D eigenvalue weighted by Crippen LogP contribution is 2.25. The third-order valence-electron chi connectivity index (χ3n) is 6.79. The van der Waals surface area contributed by atoms with Crippen LogP contribution >= 0.6 is 0 Å². The molecule has 2 aliphatic rings. The fourth-order valence-corrected chi connectivity index (χ4v) is 4.35. The summed E-state index contributed by atoms with van der Waals surface area (Å²) < 4.78 is 11.2. The molecule has 1 fully saturated rings. The number of oxazole rings is 1. The molecule has 0 spiro atoms. The van der Waals surface area contributed by atoms with Gasteiger partial charge in [-0.1, -0.05) is 6.07 Å². The van der Waals surface area contributed by atoms with Gasteiger partial charge in [-0.25, -0.2) is 4.98 Å². The highest BCUT2D eigenvalue weighted by molar-refractivity contribution is 5.93. The number of nitrogens with zero attached hydrogens (tertiary/aromatic N) is 2. The number of nitrogens with one attached hydrogen (secondary N) is 3. The fourth-order valence-electron chi connectivity index (χ4n) is 4.35. The molecule has 0 unspecified atom stereocenters. The Bertz CT molecular complexity index is 1180. The second-order valence-electron chi connectivity index (χ2n) is 9.25. The first-order valence-electron chi connectivity index (χ1n) is 12.1. The van der Waals surface area contributed by atoms with Gasteiger partial charge < -0.3 is 30.2 Å². The Morgan fingerprint density at radius 2 is 2.14 bits per heavy atom. The highest BCUT2D eigenvalue weighted by atomic mass is 16.5. The van der Waals surface area contributed by atoms with Crippen LogP contribution < -0.4 is 20.7 Å². The van der Waals surface area contributed by atoms with Crippen molar-refractivity contribution in [1.29, 1.82) is 0 Å². The van der Waals surface area contributed by atoms with Gasteiger partial charge in [-0.15, -0.1) is 0 Å². The lowest BCUT2D eigenvalue weighted by molar-refractivity contribution is 0.0865. The van der Waals surface area contributed by atoms with Crippen LogP contribution in [0.3, 0.4) is 0 Å². The standard InChI is InChI=1S/C26H31N5O4/c1-16-25(35-15-30-16)14-34-21-6-5-17-10-22(28-12-18(17)9-21)24(32)13-29-26(33)23-11-20(7-8-27-23)31-19-3-2-4-19/h5-9,11,15,19,22,24,28,32H,2-4,10,12-14H2,1H3,(H,27,31)(H,29,33)/t22-,24+/m0/s1. The van der Waals surface area contributed by atoms with Crippen molar-refractivity contribution in [2.45, 2.75) is 63.9 Å². The summed E-state index contributed by atoms with van der Waals surface area (Å²) in [6.45, 7) is 2.97. The van der Waals surface area contributed by atoms with E-state index in [9.17, 15) is 9.90 Å². The maximum absolute atomic E-state index is 12.6. The minimum absolute atomic E-state index is 0.144. The lowest BCUT2D eigenvalue weighted by atomic mass is 9.92. The molecule has 184 valence electrons. The van der Waals surface area contributed by atoms with Gasteiger partial charge in [0.15, 0.2) is 12.2 Å². The summed E-state index contributed by atoms with van der Waals surface area (Å²) in [6, 6.07) is 9.92. The molecule has 1 amide bonds. The van der Waals surface area contributed by atoms with E-state index in [0.717, 1.165) is 41.1 Å². The zero-order valence-electron chi connectivity index (χ0n) is 19.8. The SMILES string of the molecule is Cc1ncoc1COc1ccc2c(c1)CN[C@H]([C@H](O)CNC(=O)c1cc(NC3CCC3)ccn1)C2. The molecule has 1 aromatic carbocycles. The Morgan fingerprint density at radius 3 is 2.91 bits per heavy atom. The molecule has 2 atom stereocenters. The molecule has 0 radical (unpaired) electrons. The van der Waals surface area contributed by atoms with E-state index in [-0.39, 0.29) is 18.5 Å². The molecule has 3 heterocycles. The largest absolute Gasteiger partial charge is 0.486 e. The van der Waals surface area contributed by atoms with E-state index in [4.69, 9.17) is 9.15 Å². The van der Waals surface area contributed by atoms with Crippen molar-refractivity contribution in [2.24, 2.45) is 0 Å². The van der Waals surface area contributed by atoms with E-state index in [2.05, 4.69) is 25.9 Å². The normalized spacial score (nSPS) is 18.3. The van der Waals surface area contributed by atoms with E-state index in [1.54, 1.807) is 12.3 Å². The number of carbonyl (C=O) groups is 1. The van der Waals surface area contributed by atoms with Crippen molar-refractivity contribution >= 4 is 11.6 Å². The predicted molar refractivity (Wildman–Crippen MR) is 130 cm³/mol. The minimum Gasteiger partial charge on any atom is -0.486 e. The van der Waals surface area contributed by atoms with Crippen molar-refractivity contribution in [2.75, 3.05) is 11.9 Å². The number of amides is 1. The first kappa shape index (κ1) is 23.3. The maximum atomic E-state index is 12.6. The van der Waals surface area contributed by atoms with Crippen LogP contribution in [0, 0.1) is 6.92 Å². The first-order valence-corrected chi connectivity index (χ1v) is 12.1. The number of aryl methyl sites for hydroxylation is 1. The summed E-state index contributed by atoms with van der Waals surface area (Å²) in [5.74, 6) is 1.18. The number of carbonyl (C=O) groups excluding carboxylic acids is 1. The number of aliphatic hydroxyl groups excluding tert-OH is 1. The highest BCUT2D eigenvalue weighted by Gasteiger charge is 2.25. The van der Waals surface area contributed by atoms with Crippen LogP contribution in [0.15, 0.2) is 47.3 Å². The number of fused-ring (bicyclic) bond motifs is 1. The van der Waals surface area contributed by atoms with Crippen molar-refractivity contribution in [3.8, 4) is 5.75 Å². The number of aromatic nitrogens is 2. The van der Waals surface area contributed by atoms with Gasteiger partial charge in [0.1, 0.15) is 18.1 Å². The molecule has 1 aliphatic heterocycles. The molecule has 9 heteroatoms. The van der Waals surface area contributed by atoms with E-state index in [0.29, 0.717) is 37.1 Å². The Balaban J connectivity index is 1.12. The fraction of sp³-hybridized carbons (Fsp3) is 0.423. The number of anilines is 1. The Kier molecular flexibility index (Phi) is 6.96. The van der Waals surface area contributed by atoms with E-state index < -0.39 is 6.10 Å². The number of ether oxygens (including phenoxy) is 1. The Labute approximate surface area is 204 Å². The number of rotatable bonds is 9. The molecule has 5 rings (SSSR count). The minimum atomic E-state index is -0.728. The smallest absolute Gasteiger partial charge is 0.270 e. The van der Waals surface area contributed by atoms with Gasteiger partial charge in [0.05, 0.1) is 11.8 Å². The zero-order valence-corrected chi connectivity index (χ0v) is 19.8. The molecule has 9 nitrogen and oxygen atoms in total. The first-order chi connectivity index (χ1) is 17.0. The summed E-state index contributed by atoms with van der Waals surface area (Å²) >= 11 is 0. The van der Waals surface area contributed by atoms with Crippen LogP contribution in [0.5, 0.6) is 5.75 Å². The van der Waals surface area contributed by atoms with Gasteiger partial charge in [-0.3, -0.25) is 9.78 Å². The number of hydrogen-bond donors (Lipinski definition) is 4. The average molecular weight is 478 g/mol. The van der Waals surface area contributed by atoms with Crippen molar-refractivity contribution < 1.29 is 19.1 Å². The molecule has 3 aromatic rings. The van der Waals surface area contributed by atoms with Gasteiger partial charge in [-0.05, 0) is 68.0 Å². The number of pyridine rings is 1. The van der Waals surface area contributed by atoms with Crippen molar-refractivity contribution in [3.05, 3.63) is 71.2 Å². The van der Waals surface area contributed by atoms with Crippen LogP contribution in [0.25, 0.3) is 0 Å². The molecule has 2 aromatic heterocycles. The van der Waals surface area contributed by atoms with Crippen molar-refractivity contribution in [1.82, 2.24) is 20.6 Å². The quantitative estimate of drug-likeness (QED) is 0.371. The van der Waals surface area contributed by atoms with Crippen LogP contribution in [-0.2, 0) is 19.6 Å². The molecule has 35 heavy (non-hydrogen) atoms. The lowest BCUT2D eigenvalue weighted by Gasteiger charge is -2.30. The zero-order chi connectivity index (χ0) is 24.2. The summed E-state index contributed by atoms with van der Waals surface area (Å²) in [6.07, 6.45) is 6.54. The predicted octanol–water partition coefficient (Wildman–Crippen LogP) is 2.73. The molecule has 1 saturated carbocycles. The molecular formula is C26H31N5O4. The van der Waals surface area contributed by atoms with E-state index in [1.165, 1.54) is 12.8 Å². The average Bonchev–Trinajstić information content (AvgIpc) is 3.27. The van der Waals surface area contributed by atoms with Crippen molar-refractivity contribution in [3.63, 3.8) is 0 Å². The summed E-state index contributed by atoms with van der Waals surface area (Å²) in [7, 11) is 0. The summed E-state index contributed by atoms with van der Waals surface area (Å²) in [4.78, 5) is 20.9. The molecule has 0 saturated heterocycles. The maximum Gasteiger partial charge on any atom is 0.270 e. The van der Waals surface area contributed by atoms with Gasteiger partial charge in [-0.2, -0.15) is 0 Å². The Morgan fingerprint density at radius 1 is 1.26 bits per heavy atom. The third-order valence-corrected chi connectivity index (χ3v) is 6.79. The topological polar surface area (TPSA) is 122 Å². The van der Waals surface area contributed by atoms with Crippen LogP contribution in [0.1, 0.15) is 52.3 Å². The van der Waals surface area contributed by atoms with Crippen LogP contribution in [0.4, 0.5) is 5.69 Å². The van der Waals surface area contributed by atoms with Crippen LogP contribution in [0.2, 0.25) is 0 Å². The molecule has 4 N–H and O–H groups in total. The second kappa shape index (κ2) is 10.5.